The Balaban J connectivity index is 1.91. The Bertz CT molecular complexity index is 763. The topological polar surface area (TPSA) is 220 Å². The molecule has 0 bridgehead atoms. The lowest BCUT2D eigenvalue weighted by Gasteiger charge is -2.48. The summed E-state index contributed by atoms with van der Waals surface area (Å²) in [4.78, 5) is 24.2. The van der Waals surface area contributed by atoms with Gasteiger partial charge in [-0.25, -0.2) is 9.59 Å². The molecule has 0 radical (unpaired) electrons. The molecule has 0 amide bonds. The number of cyclic esters (lactones) is 2. The number of aliphatic hydroxyl groups is 6. The van der Waals surface area contributed by atoms with Crippen molar-refractivity contribution >= 4 is 12.1 Å². The van der Waals surface area contributed by atoms with Crippen LogP contribution in [0.25, 0.3) is 0 Å². The number of rotatable bonds is 9. The molecule has 3 saturated heterocycles. The van der Waals surface area contributed by atoms with E-state index in [0.29, 0.717) is 0 Å². The van der Waals surface area contributed by atoms with E-state index in [1.807, 2.05) is 0 Å². The highest BCUT2D eigenvalue weighted by atomic mass is 16.8. The van der Waals surface area contributed by atoms with Crippen LogP contribution in [0, 0.1) is 0 Å². The Morgan fingerprint density at radius 3 is 2.51 bits per heavy atom. The third kappa shape index (κ3) is 5.59. The molecule has 0 aromatic heterocycles. The van der Waals surface area contributed by atoms with Crippen LogP contribution in [-0.4, -0.2) is 137 Å². The minimum Gasteiger partial charge on any atom is -0.465 e. The number of methoxy groups -OCH3 is 1. The number of carbonyl (C=O) groups excluding carboxylic acids is 2. The summed E-state index contributed by atoms with van der Waals surface area (Å²) in [7, 11) is 1.06. The number of aliphatic hydroxyl groups excluding tert-OH is 6. The summed E-state index contributed by atoms with van der Waals surface area (Å²) in [5.74, 6) is -3.21. The summed E-state index contributed by atoms with van der Waals surface area (Å²) in [5.41, 5.74) is 0. The molecule has 15 nitrogen and oxygen atoms in total. The second-order valence-corrected chi connectivity index (χ2v) is 8.20. The van der Waals surface area contributed by atoms with E-state index in [1.165, 1.54) is 6.08 Å². The van der Waals surface area contributed by atoms with E-state index in [4.69, 9.17) is 33.2 Å². The van der Waals surface area contributed by atoms with Crippen LogP contribution in [0.15, 0.2) is 12.7 Å². The zero-order valence-electron chi connectivity index (χ0n) is 18.7. The lowest BCUT2D eigenvalue weighted by Crippen LogP contribution is -2.66. The second-order valence-electron chi connectivity index (χ2n) is 8.20. The quantitative estimate of drug-likeness (QED) is 0.130. The third-order valence-corrected chi connectivity index (χ3v) is 5.91. The summed E-state index contributed by atoms with van der Waals surface area (Å²) >= 11 is 0. The van der Waals surface area contributed by atoms with Crippen molar-refractivity contribution in [3.8, 4) is 0 Å². The van der Waals surface area contributed by atoms with Gasteiger partial charge < -0.3 is 63.8 Å². The summed E-state index contributed by atoms with van der Waals surface area (Å²) < 4.78 is 36.9. The number of hydrogen-bond donors (Lipinski definition) is 6. The van der Waals surface area contributed by atoms with Gasteiger partial charge in [-0.1, -0.05) is 6.08 Å². The van der Waals surface area contributed by atoms with Crippen molar-refractivity contribution in [1.82, 2.24) is 0 Å². The van der Waals surface area contributed by atoms with Gasteiger partial charge in [-0.3, -0.25) is 0 Å². The second kappa shape index (κ2) is 11.4. The Labute approximate surface area is 199 Å². The van der Waals surface area contributed by atoms with Gasteiger partial charge in [-0.2, -0.15) is 0 Å². The van der Waals surface area contributed by atoms with Crippen LogP contribution in [0.1, 0.15) is 6.42 Å². The van der Waals surface area contributed by atoms with Gasteiger partial charge in [0.2, 0.25) is 0 Å². The summed E-state index contributed by atoms with van der Waals surface area (Å²) in [6.45, 7) is 2.13. The smallest absolute Gasteiger partial charge is 0.465 e. The molecule has 3 aliphatic rings. The normalized spacial score (nSPS) is 42.6. The Morgan fingerprint density at radius 2 is 1.94 bits per heavy atom. The average Bonchev–Trinajstić information content (AvgIpc) is 3.29. The summed E-state index contributed by atoms with van der Waals surface area (Å²) in [6.07, 6.45) is -16.4. The van der Waals surface area contributed by atoms with Crippen LogP contribution < -0.4 is 0 Å². The Morgan fingerprint density at radius 1 is 1.23 bits per heavy atom. The van der Waals surface area contributed by atoms with Crippen LogP contribution in [0.3, 0.4) is 0 Å². The molecule has 3 heterocycles. The van der Waals surface area contributed by atoms with Gasteiger partial charge in [0, 0.05) is 6.42 Å². The molecule has 0 aliphatic carbocycles. The zero-order chi connectivity index (χ0) is 25.9. The lowest BCUT2D eigenvalue weighted by molar-refractivity contribution is -0.362. The van der Waals surface area contributed by atoms with E-state index in [9.17, 15) is 40.2 Å². The van der Waals surface area contributed by atoms with Gasteiger partial charge in [-0.15, -0.1) is 6.58 Å². The molecule has 0 spiro atoms. The van der Waals surface area contributed by atoms with E-state index in [-0.39, 0.29) is 13.2 Å². The maximum Gasteiger partial charge on any atom is 0.508 e. The van der Waals surface area contributed by atoms with Crippen molar-refractivity contribution in [2.75, 3.05) is 26.9 Å². The van der Waals surface area contributed by atoms with Crippen molar-refractivity contribution < 1.29 is 73.4 Å². The first-order valence-electron chi connectivity index (χ1n) is 10.7. The van der Waals surface area contributed by atoms with Crippen LogP contribution in [-0.2, 0) is 38.0 Å². The highest BCUT2D eigenvalue weighted by molar-refractivity contribution is 5.78. The average molecular weight is 510 g/mol. The van der Waals surface area contributed by atoms with Crippen molar-refractivity contribution in [3.05, 3.63) is 12.7 Å². The zero-order valence-corrected chi connectivity index (χ0v) is 18.7. The van der Waals surface area contributed by atoms with Gasteiger partial charge in [0.05, 0.1) is 26.4 Å². The van der Waals surface area contributed by atoms with E-state index in [2.05, 4.69) is 6.58 Å². The molecule has 3 fully saturated rings. The van der Waals surface area contributed by atoms with Crippen LogP contribution in [0.2, 0.25) is 0 Å². The fourth-order valence-electron chi connectivity index (χ4n) is 4.08. The van der Waals surface area contributed by atoms with E-state index in [0.717, 1.165) is 7.11 Å². The molecule has 0 aromatic carbocycles. The molecule has 0 saturated carbocycles. The number of ether oxygens (including phenoxy) is 7. The van der Waals surface area contributed by atoms with E-state index < -0.39 is 92.2 Å². The minimum absolute atomic E-state index is 0.205. The predicted molar refractivity (Wildman–Crippen MR) is 107 cm³/mol. The molecule has 11 atom stereocenters. The highest BCUT2D eigenvalue weighted by Crippen LogP contribution is 2.38. The van der Waals surface area contributed by atoms with Gasteiger partial charge in [0.1, 0.15) is 49.3 Å². The fraction of sp³-hybridized carbons (Fsp3) is 0.800. The van der Waals surface area contributed by atoms with Crippen LogP contribution in [0.4, 0.5) is 4.79 Å². The van der Waals surface area contributed by atoms with Crippen molar-refractivity contribution in [2.45, 2.75) is 73.4 Å². The predicted octanol–water partition coefficient (Wildman–Crippen LogP) is -3.71. The highest BCUT2D eigenvalue weighted by Gasteiger charge is 2.59. The molecule has 6 N–H and O–H groups in total. The fourth-order valence-corrected chi connectivity index (χ4v) is 4.08. The molecule has 0 unspecified atom stereocenters. The van der Waals surface area contributed by atoms with Gasteiger partial charge >= 0.3 is 12.1 Å². The van der Waals surface area contributed by atoms with Crippen molar-refractivity contribution in [3.63, 3.8) is 0 Å². The van der Waals surface area contributed by atoms with Crippen LogP contribution >= 0.6 is 0 Å². The first kappa shape index (κ1) is 27.7. The van der Waals surface area contributed by atoms with Crippen molar-refractivity contribution in [2.24, 2.45) is 0 Å². The molecular formula is C20H30O15. The molecule has 0 aromatic rings. The lowest BCUT2D eigenvalue weighted by atomic mass is 9.91. The monoisotopic (exact) mass is 510 g/mol. The maximum absolute atomic E-state index is 12.7. The largest absolute Gasteiger partial charge is 0.508 e. The maximum atomic E-state index is 12.7. The standard InChI is InChI=1S/C20H30O15/c1-3-4-31-20(18(27)29-2)5-9(11(23)16(35-20)10-7-30-19(28)33-10)32-17-14(26)12(24)13(25)15(34-17)8(22)6-21/h3,8-17,21-26H,1,4-7H2,2H3/t8-,9+,10+,11+,12-,13-,14-,15+,16+,17-,20+/m0/s1. The summed E-state index contributed by atoms with van der Waals surface area (Å²) in [6, 6.07) is 0. The molecule has 200 valence electrons. The first-order chi connectivity index (χ1) is 16.6. The van der Waals surface area contributed by atoms with Crippen molar-refractivity contribution in [1.29, 1.82) is 0 Å². The number of hydrogen-bond acceptors (Lipinski definition) is 15. The van der Waals surface area contributed by atoms with E-state index in [1.54, 1.807) is 0 Å². The molecule has 3 aliphatic heterocycles. The first-order valence-corrected chi connectivity index (χ1v) is 10.7. The number of esters is 1. The molecule has 35 heavy (non-hydrogen) atoms. The molecule has 15 heteroatoms. The minimum atomic E-state index is -2.19. The van der Waals surface area contributed by atoms with Gasteiger partial charge in [-0.05, 0) is 0 Å². The Hall–Kier alpha value is -1.92. The SMILES string of the molecule is C=CCO[C@]1(C(=O)OC)C[C@@H](O[C@H]2O[C@H]([C@@H](O)CO)[C@@H](O)[C@H](O)[C@@H]2O)[C@@H](O)[C@@H]([C@H]2COC(=O)O2)O1. The molecule has 3 rings (SSSR count). The third-order valence-electron chi connectivity index (χ3n) is 5.91. The summed E-state index contributed by atoms with van der Waals surface area (Å²) in [5, 5.41) is 60.8. The Kier molecular flexibility index (Phi) is 9.03. The van der Waals surface area contributed by atoms with Crippen LogP contribution in [0.5, 0.6) is 0 Å². The number of carbonyl (C=O) groups is 2. The van der Waals surface area contributed by atoms with E-state index >= 15 is 0 Å². The van der Waals surface area contributed by atoms with Gasteiger partial charge in [0.15, 0.2) is 12.4 Å². The molecular weight excluding hydrogens is 480 g/mol. The van der Waals surface area contributed by atoms with Gasteiger partial charge in [0.25, 0.3) is 5.79 Å².